The van der Waals surface area contributed by atoms with Crippen LogP contribution in [0.2, 0.25) is 0 Å². The van der Waals surface area contributed by atoms with Crippen LogP contribution in [0.1, 0.15) is 34.2 Å². The molecule has 1 unspecified atom stereocenters. The number of carbonyl (C=O) groups excluding carboxylic acids is 2. The van der Waals surface area contributed by atoms with Crippen LogP contribution in [0.5, 0.6) is 0 Å². The monoisotopic (exact) mass is 437 g/mol. The molecule has 1 N–H and O–H groups in total. The lowest BCUT2D eigenvalue weighted by atomic mass is 9.94. The fourth-order valence-corrected chi connectivity index (χ4v) is 4.40. The Hall–Kier alpha value is -2.84. The second kappa shape index (κ2) is 10.2. The third kappa shape index (κ3) is 5.49. The van der Waals surface area contributed by atoms with E-state index in [1.54, 1.807) is 20.1 Å². The Morgan fingerprint density at radius 2 is 2.00 bits per heavy atom. The summed E-state index contributed by atoms with van der Waals surface area (Å²) >= 11 is 0. The van der Waals surface area contributed by atoms with Gasteiger partial charge < -0.3 is 15.0 Å². The van der Waals surface area contributed by atoms with Gasteiger partial charge in [-0.15, -0.1) is 0 Å². The Labute approximate surface area is 189 Å². The molecule has 2 aromatic rings. The van der Waals surface area contributed by atoms with Gasteiger partial charge in [-0.05, 0) is 36.0 Å². The molecule has 0 radical (unpaired) electrons. The highest BCUT2D eigenvalue weighted by Gasteiger charge is 2.29. The second-order valence-corrected chi connectivity index (χ2v) is 8.71. The minimum absolute atomic E-state index is 0.0990. The zero-order valence-corrected chi connectivity index (χ0v) is 18.8. The number of nitrogens with one attached hydrogen (secondary N) is 1. The number of likely N-dealkylation sites (tertiary alicyclic amines) is 1. The molecule has 0 aliphatic carbocycles. The standard InChI is InChI=1S/C24H31N5O3/c1-17(30)29-12-18(13-29)9-21-10-23(27-16-26-21)24(31)25-11-22(32-2)15-28-8-7-19-5-3-4-6-20(19)14-28/h3-6,10,16,18,22H,7-9,11-15H2,1-2H3,(H,25,31). The minimum atomic E-state index is -0.223. The number of rotatable bonds is 8. The average molecular weight is 438 g/mol. The highest BCUT2D eigenvalue weighted by atomic mass is 16.5. The minimum Gasteiger partial charge on any atom is -0.378 e. The number of ether oxygens (including phenoxy) is 1. The molecule has 4 rings (SSSR count). The first-order valence-electron chi connectivity index (χ1n) is 11.2. The van der Waals surface area contributed by atoms with E-state index in [2.05, 4.69) is 44.5 Å². The zero-order chi connectivity index (χ0) is 22.5. The lowest BCUT2D eigenvalue weighted by Crippen LogP contribution is -2.49. The summed E-state index contributed by atoms with van der Waals surface area (Å²) in [5, 5.41) is 2.96. The Balaban J connectivity index is 1.26. The third-order valence-corrected chi connectivity index (χ3v) is 6.35. The summed E-state index contributed by atoms with van der Waals surface area (Å²) in [4.78, 5) is 36.6. The van der Waals surface area contributed by atoms with E-state index < -0.39 is 0 Å². The molecule has 2 aliphatic heterocycles. The van der Waals surface area contributed by atoms with E-state index in [0.717, 1.165) is 51.3 Å². The van der Waals surface area contributed by atoms with Crippen molar-refractivity contribution in [2.75, 3.05) is 39.8 Å². The SMILES string of the molecule is COC(CNC(=O)c1cc(CC2CN(C(C)=O)C2)ncn1)CN1CCc2ccccc2C1. The molecule has 8 heteroatoms. The van der Waals surface area contributed by atoms with Crippen molar-refractivity contribution in [2.24, 2.45) is 5.92 Å². The zero-order valence-electron chi connectivity index (χ0n) is 18.8. The maximum absolute atomic E-state index is 12.7. The fraction of sp³-hybridized carbons (Fsp3) is 0.500. The molecule has 1 saturated heterocycles. The molecule has 2 amide bonds. The molecule has 0 spiro atoms. The molecular formula is C24H31N5O3. The van der Waals surface area contributed by atoms with Gasteiger partial charge in [-0.1, -0.05) is 24.3 Å². The molecule has 3 heterocycles. The summed E-state index contributed by atoms with van der Waals surface area (Å²) < 4.78 is 5.63. The Bertz CT molecular complexity index is 960. The molecule has 1 aromatic carbocycles. The van der Waals surface area contributed by atoms with E-state index >= 15 is 0 Å². The van der Waals surface area contributed by atoms with E-state index in [1.807, 2.05) is 4.90 Å². The van der Waals surface area contributed by atoms with E-state index in [0.29, 0.717) is 18.2 Å². The van der Waals surface area contributed by atoms with Crippen LogP contribution in [0.15, 0.2) is 36.7 Å². The number of hydrogen-bond donors (Lipinski definition) is 1. The predicted octanol–water partition coefficient (Wildman–Crippen LogP) is 1.30. The lowest BCUT2D eigenvalue weighted by molar-refractivity contribution is -0.134. The average Bonchev–Trinajstić information content (AvgIpc) is 2.78. The second-order valence-electron chi connectivity index (χ2n) is 8.71. The molecule has 0 saturated carbocycles. The van der Waals surface area contributed by atoms with Gasteiger partial charge in [0.2, 0.25) is 5.91 Å². The fourth-order valence-electron chi connectivity index (χ4n) is 4.40. The number of carbonyl (C=O) groups is 2. The number of methoxy groups -OCH3 is 1. The number of hydrogen-bond acceptors (Lipinski definition) is 6. The normalized spacial score (nSPS) is 17.4. The molecule has 1 fully saturated rings. The first-order valence-corrected chi connectivity index (χ1v) is 11.2. The molecule has 1 aromatic heterocycles. The third-order valence-electron chi connectivity index (χ3n) is 6.35. The largest absolute Gasteiger partial charge is 0.378 e. The van der Waals surface area contributed by atoms with Gasteiger partial charge in [0.25, 0.3) is 5.91 Å². The number of fused-ring (bicyclic) bond motifs is 1. The van der Waals surface area contributed by atoms with E-state index in [1.165, 1.54) is 17.5 Å². The molecular weight excluding hydrogens is 406 g/mol. The quantitative estimate of drug-likeness (QED) is 0.670. The van der Waals surface area contributed by atoms with Crippen molar-refractivity contribution in [2.45, 2.75) is 32.4 Å². The smallest absolute Gasteiger partial charge is 0.270 e. The molecule has 170 valence electrons. The highest BCUT2D eigenvalue weighted by molar-refractivity contribution is 5.92. The van der Waals surface area contributed by atoms with Gasteiger partial charge in [0.15, 0.2) is 0 Å². The van der Waals surface area contributed by atoms with Crippen LogP contribution < -0.4 is 5.32 Å². The van der Waals surface area contributed by atoms with Gasteiger partial charge in [0, 0.05) is 59.0 Å². The van der Waals surface area contributed by atoms with Gasteiger partial charge >= 0.3 is 0 Å². The van der Waals surface area contributed by atoms with Crippen LogP contribution in [0, 0.1) is 5.92 Å². The van der Waals surface area contributed by atoms with Crippen LogP contribution in [0.3, 0.4) is 0 Å². The van der Waals surface area contributed by atoms with Crippen LogP contribution in [0.25, 0.3) is 0 Å². The first-order chi connectivity index (χ1) is 15.5. The van der Waals surface area contributed by atoms with Gasteiger partial charge in [-0.2, -0.15) is 0 Å². The summed E-state index contributed by atoms with van der Waals surface area (Å²) in [5.41, 5.74) is 3.97. The van der Waals surface area contributed by atoms with E-state index in [-0.39, 0.29) is 17.9 Å². The van der Waals surface area contributed by atoms with Crippen molar-refractivity contribution in [3.05, 3.63) is 59.2 Å². The summed E-state index contributed by atoms with van der Waals surface area (Å²) in [6.45, 7) is 6.15. The number of amides is 2. The molecule has 32 heavy (non-hydrogen) atoms. The van der Waals surface area contributed by atoms with E-state index in [4.69, 9.17) is 4.74 Å². The molecule has 8 nitrogen and oxygen atoms in total. The Morgan fingerprint density at radius 1 is 1.22 bits per heavy atom. The Kier molecular flexibility index (Phi) is 7.12. The van der Waals surface area contributed by atoms with Crippen LogP contribution >= 0.6 is 0 Å². The van der Waals surface area contributed by atoms with Crippen LogP contribution in [-0.4, -0.2) is 77.5 Å². The van der Waals surface area contributed by atoms with Crippen molar-refractivity contribution < 1.29 is 14.3 Å². The Morgan fingerprint density at radius 3 is 2.75 bits per heavy atom. The van der Waals surface area contributed by atoms with E-state index in [9.17, 15) is 9.59 Å². The van der Waals surface area contributed by atoms with Crippen molar-refractivity contribution in [3.8, 4) is 0 Å². The van der Waals surface area contributed by atoms with Crippen molar-refractivity contribution in [3.63, 3.8) is 0 Å². The lowest BCUT2D eigenvalue weighted by Gasteiger charge is -2.38. The maximum Gasteiger partial charge on any atom is 0.270 e. The summed E-state index contributed by atoms with van der Waals surface area (Å²) in [7, 11) is 1.68. The summed E-state index contributed by atoms with van der Waals surface area (Å²) in [5.74, 6) is 0.265. The molecule has 0 bridgehead atoms. The number of benzene rings is 1. The maximum atomic E-state index is 12.7. The van der Waals surface area contributed by atoms with Crippen molar-refractivity contribution in [1.29, 1.82) is 0 Å². The predicted molar refractivity (Wildman–Crippen MR) is 120 cm³/mol. The summed E-state index contributed by atoms with van der Waals surface area (Å²) in [6, 6.07) is 10.3. The number of nitrogens with zero attached hydrogens (tertiary/aromatic N) is 4. The first kappa shape index (κ1) is 22.4. The van der Waals surface area contributed by atoms with Gasteiger partial charge in [0.05, 0.1) is 6.10 Å². The number of aromatic nitrogens is 2. The van der Waals surface area contributed by atoms with Crippen molar-refractivity contribution >= 4 is 11.8 Å². The van der Waals surface area contributed by atoms with Gasteiger partial charge in [-0.25, -0.2) is 9.97 Å². The topological polar surface area (TPSA) is 87.7 Å². The van der Waals surface area contributed by atoms with Gasteiger partial charge in [0.1, 0.15) is 12.0 Å². The molecule has 2 aliphatic rings. The van der Waals surface area contributed by atoms with Gasteiger partial charge in [-0.3, -0.25) is 14.5 Å². The molecule has 1 atom stereocenters. The summed E-state index contributed by atoms with van der Waals surface area (Å²) in [6.07, 6.45) is 3.11. The van der Waals surface area contributed by atoms with Crippen molar-refractivity contribution in [1.82, 2.24) is 25.1 Å². The van der Waals surface area contributed by atoms with Crippen LogP contribution in [0.4, 0.5) is 0 Å². The highest BCUT2D eigenvalue weighted by Crippen LogP contribution is 2.20. The van der Waals surface area contributed by atoms with Crippen LogP contribution in [-0.2, 0) is 28.9 Å².